The minimum absolute atomic E-state index is 0.0119. The largest absolute Gasteiger partial charge is 0.357 e. The molecule has 0 saturated heterocycles. The third kappa shape index (κ3) is 3.62. The second kappa shape index (κ2) is 8.44. The fraction of sp³-hybridized carbons (Fsp3) is 0.357. The molecule has 6 rings (SSSR count). The molecule has 3 heterocycles. The van der Waals surface area contributed by atoms with E-state index in [-0.39, 0.29) is 5.91 Å². The van der Waals surface area contributed by atoms with E-state index in [1.165, 1.54) is 27.9 Å². The van der Waals surface area contributed by atoms with E-state index in [9.17, 15) is 4.79 Å². The molecule has 1 aliphatic carbocycles. The molecule has 6 heteroatoms. The van der Waals surface area contributed by atoms with Crippen LogP contribution >= 0.6 is 0 Å². The molecular weight excluding hydrogens is 422 g/mol. The Balaban J connectivity index is 1.22. The van der Waals surface area contributed by atoms with Crippen LogP contribution in [0.3, 0.4) is 0 Å². The number of H-pyrrole nitrogens is 1. The maximum Gasteiger partial charge on any atom is 0.274 e. The van der Waals surface area contributed by atoms with Crippen LogP contribution in [0, 0.1) is 0 Å². The topological polar surface area (TPSA) is 57.2 Å². The number of hydrogen-bond donors (Lipinski definition) is 1. The molecule has 34 heavy (non-hydrogen) atoms. The second-order valence-electron chi connectivity index (χ2n) is 9.79. The Morgan fingerprint density at radius 3 is 2.74 bits per heavy atom. The molecule has 1 aliphatic heterocycles. The highest BCUT2D eigenvalue weighted by atomic mass is 16.2. The van der Waals surface area contributed by atoms with Gasteiger partial charge in [-0.15, -0.1) is 0 Å². The summed E-state index contributed by atoms with van der Waals surface area (Å²) in [6.45, 7) is 2.59. The quantitative estimate of drug-likeness (QED) is 0.506. The van der Waals surface area contributed by atoms with E-state index in [2.05, 4.69) is 46.3 Å². The summed E-state index contributed by atoms with van der Waals surface area (Å²) in [5, 5.41) is 6.07. The first kappa shape index (κ1) is 21.2. The molecule has 0 radical (unpaired) electrons. The standard InChI is InChI=1S/C28H31N5O/c1-31(17-19-8-4-3-5-9-19)28(34)27-23-16-20(12-13-26(23)32(2)30-27)33-15-14-22-21-10-6-7-11-24(21)29-25(22)18-33/h3-11,20,29H,12-18H2,1-2H3. The van der Waals surface area contributed by atoms with Crippen molar-refractivity contribution < 1.29 is 4.79 Å². The summed E-state index contributed by atoms with van der Waals surface area (Å²) in [5.74, 6) is 0.0119. The third-order valence-corrected chi connectivity index (χ3v) is 7.67. The van der Waals surface area contributed by atoms with Gasteiger partial charge < -0.3 is 9.88 Å². The van der Waals surface area contributed by atoms with Crippen LogP contribution in [-0.4, -0.2) is 50.1 Å². The van der Waals surface area contributed by atoms with Gasteiger partial charge in [0, 0.05) is 67.6 Å². The van der Waals surface area contributed by atoms with Crippen molar-refractivity contribution in [3.63, 3.8) is 0 Å². The molecule has 2 aliphatic rings. The predicted molar refractivity (Wildman–Crippen MR) is 134 cm³/mol. The predicted octanol–water partition coefficient (Wildman–Crippen LogP) is 4.09. The third-order valence-electron chi connectivity index (χ3n) is 7.67. The second-order valence-corrected chi connectivity index (χ2v) is 9.79. The first-order chi connectivity index (χ1) is 16.6. The summed E-state index contributed by atoms with van der Waals surface area (Å²) in [5.41, 5.74) is 8.18. The molecule has 1 amide bonds. The lowest BCUT2D eigenvalue weighted by atomic mass is 9.88. The maximum atomic E-state index is 13.4. The minimum Gasteiger partial charge on any atom is -0.357 e. The Morgan fingerprint density at radius 2 is 1.88 bits per heavy atom. The van der Waals surface area contributed by atoms with Gasteiger partial charge in [0.15, 0.2) is 5.69 Å². The Hall–Kier alpha value is -3.38. The zero-order chi connectivity index (χ0) is 23.2. The molecule has 1 atom stereocenters. The first-order valence-corrected chi connectivity index (χ1v) is 12.2. The molecule has 174 valence electrons. The van der Waals surface area contributed by atoms with Gasteiger partial charge in [-0.1, -0.05) is 48.5 Å². The highest BCUT2D eigenvalue weighted by Gasteiger charge is 2.33. The number of hydrogen-bond acceptors (Lipinski definition) is 3. The number of carbonyl (C=O) groups is 1. The van der Waals surface area contributed by atoms with Gasteiger partial charge >= 0.3 is 0 Å². The van der Waals surface area contributed by atoms with Crippen molar-refractivity contribution in [3.8, 4) is 0 Å². The van der Waals surface area contributed by atoms with Crippen LogP contribution in [0.4, 0.5) is 0 Å². The van der Waals surface area contributed by atoms with Gasteiger partial charge in [-0.05, 0) is 42.9 Å². The molecule has 0 bridgehead atoms. The number of para-hydroxylation sites is 1. The highest BCUT2D eigenvalue weighted by Crippen LogP contribution is 2.33. The van der Waals surface area contributed by atoms with Crippen LogP contribution < -0.4 is 0 Å². The molecular formula is C28H31N5O. The van der Waals surface area contributed by atoms with Crippen molar-refractivity contribution in [3.05, 3.63) is 88.4 Å². The number of rotatable bonds is 4. The van der Waals surface area contributed by atoms with Crippen molar-refractivity contribution in [1.82, 2.24) is 24.6 Å². The summed E-state index contributed by atoms with van der Waals surface area (Å²) in [6, 6.07) is 19.2. The van der Waals surface area contributed by atoms with Gasteiger partial charge in [0.2, 0.25) is 0 Å². The van der Waals surface area contributed by atoms with Crippen LogP contribution in [-0.2, 0) is 39.4 Å². The number of aromatic amines is 1. The summed E-state index contributed by atoms with van der Waals surface area (Å²) in [4.78, 5) is 21.5. The molecule has 2 aromatic heterocycles. The Bertz CT molecular complexity index is 1350. The lowest BCUT2D eigenvalue weighted by molar-refractivity contribution is 0.0776. The molecule has 4 aromatic rings. The monoisotopic (exact) mass is 453 g/mol. The summed E-state index contributed by atoms with van der Waals surface area (Å²) >= 11 is 0. The van der Waals surface area contributed by atoms with Gasteiger partial charge in [-0.2, -0.15) is 5.10 Å². The van der Waals surface area contributed by atoms with Crippen LogP contribution in [0.2, 0.25) is 0 Å². The molecule has 0 saturated carbocycles. The number of aryl methyl sites for hydroxylation is 1. The summed E-state index contributed by atoms with van der Waals surface area (Å²) < 4.78 is 1.93. The lowest BCUT2D eigenvalue weighted by Crippen LogP contribution is -2.42. The number of aromatic nitrogens is 3. The molecule has 0 fully saturated rings. The molecule has 1 N–H and O–H groups in total. The number of fused-ring (bicyclic) bond motifs is 4. The van der Waals surface area contributed by atoms with E-state index in [1.54, 1.807) is 4.90 Å². The summed E-state index contributed by atoms with van der Waals surface area (Å²) in [6.07, 6.45) is 4.03. The van der Waals surface area contributed by atoms with Crippen LogP contribution in [0.1, 0.15) is 45.0 Å². The zero-order valence-electron chi connectivity index (χ0n) is 19.9. The molecule has 2 aromatic carbocycles. The fourth-order valence-corrected chi connectivity index (χ4v) is 5.89. The smallest absolute Gasteiger partial charge is 0.274 e. The number of nitrogens with zero attached hydrogens (tertiary/aromatic N) is 4. The maximum absolute atomic E-state index is 13.4. The number of nitrogens with one attached hydrogen (secondary N) is 1. The van der Waals surface area contributed by atoms with Gasteiger partial charge in [0.1, 0.15) is 0 Å². The first-order valence-electron chi connectivity index (χ1n) is 12.2. The van der Waals surface area contributed by atoms with Crippen molar-refractivity contribution in [2.75, 3.05) is 13.6 Å². The van der Waals surface area contributed by atoms with Crippen LogP contribution in [0.5, 0.6) is 0 Å². The van der Waals surface area contributed by atoms with Gasteiger partial charge in [0.25, 0.3) is 5.91 Å². The normalized spacial score (nSPS) is 18.0. The number of carbonyl (C=O) groups excluding carboxylic acids is 1. The number of benzene rings is 2. The SMILES string of the molecule is CN(Cc1ccccc1)C(=O)c1nn(C)c2c1CC(N1CCc3c([nH]c4ccccc34)C1)CC2. The average molecular weight is 454 g/mol. The van der Waals surface area contributed by atoms with Crippen molar-refractivity contribution in [2.24, 2.45) is 7.05 Å². The number of amides is 1. The van der Waals surface area contributed by atoms with E-state index >= 15 is 0 Å². The van der Waals surface area contributed by atoms with E-state index in [1.807, 2.05) is 37.0 Å². The van der Waals surface area contributed by atoms with Crippen LogP contribution in [0.25, 0.3) is 10.9 Å². The van der Waals surface area contributed by atoms with Crippen molar-refractivity contribution in [1.29, 1.82) is 0 Å². The zero-order valence-corrected chi connectivity index (χ0v) is 19.9. The Kier molecular flexibility index (Phi) is 5.26. The van der Waals surface area contributed by atoms with E-state index < -0.39 is 0 Å². The fourth-order valence-electron chi connectivity index (χ4n) is 5.89. The Morgan fingerprint density at radius 1 is 1.09 bits per heavy atom. The summed E-state index contributed by atoms with van der Waals surface area (Å²) in [7, 11) is 3.85. The highest BCUT2D eigenvalue weighted by molar-refractivity contribution is 5.94. The average Bonchev–Trinajstić information content (AvgIpc) is 3.41. The van der Waals surface area contributed by atoms with Crippen LogP contribution in [0.15, 0.2) is 54.6 Å². The van der Waals surface area contributed by atoms with Gasteiger partial charge in [-0.3, -0.25) is 14.4 Å². The van der Waals surface area contributed by atoms with E-state index in [4.69, 9.17) is 5.10 Å². The van der Waals surface area contributed by atoms with E-state index in [0.717, 1.165) is 49.9 Å². The molecule has 0 spiro atoms. The Labute approximate surface area is 200 Å². The molecule has 6 nitrogen and oxygen atoms in total. The van der Waals surface area contributed by atoms with E-state index in [0.29, 0.717) is 18.3 Å². The minimum atomic E-state index is 0.0119. The van der Waals surface area contributed by atoms with Crippen molar-refractivity contribution in [2.45, 2.75) is 44.8 Å². The molecule has 1 unspecified atom stereocenters. The van der Waals surface area contributed by atoms with Crippen molar-refractivity contribution >= 4 is 16.8 Å². The van der Waals surface area contributed by atoms with Gasteiger partial charge in [-0.25, -0.2) is 0 Å². The van der Waals surface area contributed by atoms with Gasteiger partial charge in [0.05, 0.1) is 0 Å². The lowest BCUT2D eigenvalue weighted by Gasteiger charge is -2.37.